The molecule has 1 amide bonds. The van der Waals surface area contributed by atoms with Gasteiger partial charge in [0.2, 0.25) is 16.1 Å². The number of rotatable bonds is 6. The highest BCUT2D eigenvalue weighted by Gasteiger charge is 2.34. The molecular weight excluding hydrogens is 464 g/mol. The van der Waals surface area contributed by atoms with Crippen LogP contribution in [0, 0.1) is 0 Å². The van der Waals surface area contributed by atoms with Crippen LogP contribution in [-0.4, -0.2) is 69.1 Å². The molecule has 0 radical (unpaired) electrons. The summed E-state index contributed by atoms with van der Waals surface area (Å²) in [6.07, 6.45) is -2.21. The Bertz CT molecular complexity index is 1210. The molecule has 180 valence electrons. The van der Waals surface area contributed by atoms with Gasteiger partial charge in [-0.15, -0.1) is 0 Å². The molecule has 0 aliphatic carbocycles. The molecule has 11 heteroatoms. The quantitative estimate of drug-likeness (QED) is 0.604. The van der Waals surface area contributed by atoms with Crippen molar-refractivity contribution in [1.29, 1.82) is 0 Å². The van der Waals surface area contributed by atoms with Crippen LogP contribution in [0.5, 0.6) is 0 Å². The molecule has 2 aromatic carbocycles. The van der Waals surface area contributed by atoms with Crippen LogP contribution in [0.4, 0.5) is 5.69 Å². The lowest BCUT2D eigenvalue weighted by Crippen LogP contribution is -2.40. The Balaban J connectivity index is 1.38. The van der Waals surface area contributed by atoms with Gasteiger partial charge in [-0.3, -0.25) is 4.79 Å². The van der Waals surface area contributed by atoms with E-state index in [1.165, 1.54) is 35.5 Å². The zero-order valence-corrected chi connectivity index (χ0v) is 19.2. The number of nitrogens with one attached hydrogen (secondary N) is 1. The van der Waals surface area contributed by atoms with Gasteiger partial charge in [0.05, 0.1) is 23.7 Å². The minimum Gasteiger partial charge on any atom is -0.450 e. The fourth-order valence-electron chi connectivity index (χ4n) is 3.68. The highest BCUT2D eigenvalue weighted by molar-refractivity contribution is 7.89. The molecule has 1 fully saturated rings. The molecule has 0 unspecified atom stereocenters. The maximum Gasteiger partial charge on any atom is 0.348 e. The topological polar surface area (TPSA) is 128 Å². The number of hydrogen-bond donors (Lipinski definition) is 1. The summed E-state index contributed by atoms with van der Waals surface area (Å²) >= 11 is 0. The fraction of sp³-hybridized carbons (Fsp3) is 0.348. The van der Waals surface area contributed by atoms with Crippen LogP contribution in [0.1, 0.15) is 22.8 Å². The first-order valence-electron chi connectivity index (χ1n) is 10.7. The van der Waals surface area contributed by atoms with E-state index in [2.05, 4.69) is 5.32 Å². The van der Waals surface area contributed by atoms with Gasteiger partial charge in [0.25, 0.3) is 5.91 Å². The van der Waals surface area contributed by atoms with Gasteiger partial charge in [0, 0.05) is 25.2 Å². The number of cyclic esters (lactones) is 1. The van der Waals surface area contributed by atoms with Gasteiger partial charge in [0.1, 0.15) is 0 Å². The van der Waals surface area contributed by atoms with Gasteiger partial charge in [-0.1, -0.05) is 24.3 Å². The van der Waals surface area contributed by atoms with Crippen molar-refractivity contribution in [2.75, 3.05) is 31.6 Å². The summed E-state index contributed by atoms with van der Waals surface area (Å²) in [6, 6.07) is 12.6. The minimum atomic E-state index is -3.74. The fourth-order valence-corrected chi connectivity index (χ4v) is 5.14. The van der Waals surface area contributed by atoms with Crippen LogP contribution < -0.4 is 5.32 Å². The summed E-state index contributed by atoms with van der Waals surface area (Å²) in [5.41, 5.74) is 1.29. The first-order valence-corrected chi connectivity index (χ1v) is 12.2. The van der Waals surface area contributed by atoms with E-state index in [4.69, 9.17) is 14.2 Å². The average Bonchev–Trinajstić information content (AvgIpc) is 2.84. The number of ether oxygens (including phenoxy) is 3. The summed E-state index contributed by atoms with van der Waals surface area (Å²) in [6.45, 7) is 2.52. The largest absolute Gasteiger partial charge is 0.450 e. The monoisotopic (exact) mass is 488 g/mol. The van der Waals surface area contributed by atoms with Crippen LogP contribution in [0.25, 0.3) is 0 Å². The Hall–Kier alpha value is -3.28. The van der Waals surface area contributed by atoms with Crippen LogP contribution >= 0.6 is 0 Å². The number of morpholine rings is 1. The van der Waals surface area contributed by atoms with E-state index in [1.807, 2.05) is 0 Å². The molecule has 2 aromatic rings. The Morgan fingerprint density at radius 2 is 1.85 bits per heavy atom. The molecule has 2 aliphatic rings. The van der Waals surface area contributed by atoms with Gasteiger partial charge in [0.15, 0.2) is 6.10 Å². The maximum atomic E-state index is 12.8. The van der Waals surface area contributed by atoms with Crippen LogP contribution in [0.15, 0.2) is 53.4 Å². The second kappa shape index (κ2) is 9.92. The molecule has 1 N–H and O–H groups in total. The first kappa shape index (κ1) is 23.9. The highest BCUT2D eigenvalue weighted by Crippen LogP contribution is 2.23. The predicted octanol–water partition coefficient (Wildman–Crippen LogP) is 1.36. The predicted molar refractivity (Wildman–Crippen MR) is 120 cm³/mol. The summed E-state index contributed by atoms with van der Waals surface area (Å²) < 4.78 is 42.6. The van der Waals surface area contributed by atoms with Crippen molar-refractivity contribution in [3.05, 3.63) is 59.7 Å². The van der Waals surface area contributed by atoms with Crippen molar-refractivity contribution in [2.24, 2.45) is 0 Å². The third-order valence-corrected chi connectivity index (χ3v) is 7.42. The zero-order chi connectivity index (χ0) is 24.3. The van der Waals surface area contributed by atoms with E-state index in [-0.39, 0.29) is 30.1 Å². The molecule has 0 spiro atoms. The number of anilines is 1. The number of hydrogen-bond acceptors (Lipinski definition) is 8. The van der Waals surface area contributed by atoms with Gasteiger partial charge in [-0.2, -0.15) is 4.31 Å². The standard InChI is InChI=1S/C23H24N2O8S/c1-15(32-23(28)20-13-16-5-2-3-8-19(16)22(27)33-20)21(26)24-17-6-4-7-18(14-17)34(29,30)25-9-11-31-12-10-25/h2-8,14-15,20H,9-13H2,1H3,(H,24,26)/t15-,20-/m1/s1. The third kappa shape index (κ3) is 5.11. The van der Waals surface area contributed by atoms with E-state index < -0.39 is 40.1 Å². The number of nitrogens with zero attached hydrogens (tertiary/aromatic N) is 1. The SMILES string of the molecule is C[C@@H](OC(=O)[C@H]1Cc2ccccc2C(=O)O1)C(=O)Nc1cccc(S(=O)(=O)N2CCOCC2)c1. The lowest BCUT2D eigenvalue weighted by Gasteiger charge is -2.26. The number of fused-ring (bicyclic) bond motifs is 1. The maximum absolute atomic E-state index is 12.8. The van der Waals surface area contributed by atoms with Crippen LogP contribution in [0.2, 0.25) is 0 Å². The molecular formula is C23H24N2O8S. The number of carbonyl (C=O) groups is 3. The number of benzene rings is 2. The Kier molecular flexibility index (Phi) is 6.96. The molecule has 0 aromatic heterocycles. The van der Waals surface area contributed by atoms with Crippen LogP contribution in [-0.2, 0) is 40.2 Å². The summed E-state index contributed by atoms with van der Waals surface area (Å²) in [5, 5.41) is 2.56. The molecule has 4 rings (SSSR count). The second-order valence-corrected chi connectivity index (χ2v) is 9.81. The first-order chi connectivity index (χ1) is 16.3. The van der Waals surface area contributed by atoms with Crippen molar-refractivity contribution in [3.8, 4) is 0 Å². The highest BCUT2D eigenvalue weighted by atomic mass is 32.2. The number of sulfonamides is 1. The molecule has 2 atom stereocenters. The Labute approximate surface area is 196 Å². The van der Waals surface area contributed by atoms with Crippen molar-refractivity contribution in [3.63, 3.8) is 0 Å². The average molecular weight is 489 g/mol. The van der Waals surface area contributed by atoms with E-state index in [0.29, 0.717) is 24.3 Å². The van der Waals surface area contributed by atoms with Gasteiger partial charge in [-0.05, 0) is 36.8 Å². The number of esters is 2. The van der Waals surface area contributed by atoms with Crippen molar-refractivity contribution < 1.29 is 37.0 Å². The lowest BCUT2D eigenvalue weighted by atomic mass is 9.99. The van der Waals surface area contributed by atoms with Gasteiger partial charge in [-0.25, -0.2) is 18.0 Å². The zero-order valence-electron chi connectivity index (χ0n) is 18.4. The molecule has 2 aliphatic heterocycles. The molecule has 0 bridgehead atoms. The Morgan fingerprint density at radius 3 is 2.62 bits per heavy atom. The Morgan fingerprint density at radius 1 is 1.12 bits per heavy atom. The van der Waals surface area contributed by atoms with E-state index in [0.717, 1.165) is 0 Å². The normalized spacial score (nSPS) is 19.4. The molecule has 2 heterocycles. The van der Waals surface area contributed by atoms with Crippen molar-refractivity contribution in [2.45, 2.75) is 30.4 Å². The summed E-state index contributed by atoms with van der Waals surface area (Å²) in [4.78, 5) is 37.2. The summed E-state index contributed by atoms with van der Waals surface area (Å²) in [5.74, 6) is -2.12. The third-order valence-electron chi connectivity index (χ3n) is 5.53. The van der Waals surface area contributed by atoms with Crippen molar-refractivity contribution >= 4 is 33.6 Å². The van der Waals surface area contributed by atoms with Gasteiger partial charge < -0.3 is 19.5 Å². The smallest absolute Gasteiger partial charge is 0.348 e. The molecule has 0 saturated carbocycles. The second-order valence-electron chi connectivity index (χ2n) is 7.87. The van der Waals surface area contributed by atoms with E-state index >= 15 is 0 Å². The number of amides is 1. The minimum absolute atomic E-state index is 0.0321. The lowest BCUT2D eigenvalue weighted by molar-refractivity contribution is -0.162. The van der Waals surface area contributed by atoms with Crippen LogP contribution in [0.3, 0.4) is 0 Å². The molecule has 1 saturated heterocycles. The molecule has 10 nitrogen and oxygen atoms in total. The van der Waals surface area contributed by atoms with Crippen molar-refractivity contribution in [1.82, 2.24) is 4.31 Å². The summed E-state index contributed by atoms with van der Waals surface area (Å²) in [7, 11) is -3.74. The molecule has 34 heavy (non-hydrogen) atoms. The van der Waals surface area contributed by atoms with E-state index in [1.54, 1.807) is 24.3 Å². The van der Waals surface area contributed by atoms with Gasteiger partial charge >= 0.3 is 11.9 Å². The number of carbonyl (C=O) groups excluding carboxylic acids is 3. The van der Waals surface area contributed by atoms with E-state index in [9.17, 15) is 22.8 Å².